The van der Waals surface area contributed by atoms with Crippen LogP contribution < -0.4 is 20.5 Å². The van der Waals surface area contributed by atoms with Crippen molar-refractivity contribution in [1.82, 2.24) is 5.32 Å². The summed E-state index contributed by atoms with van der Waals surface area (Å²) in [7, 11) is 0. The van der Waals surface area contributed by atoms with Gasteiger partial charge in [0.05, 0.1) is 4.47 Å². The molecule has 5 nitrogen and oxygen atoms in total. The molecule has 21 heavy (non-hydrogen) atoms. The summed E-state index contributed by atoms with van der Waals surface area (Å²) in [5.74, 6) is 0.960. The third-order valence-electron chi connectivity index (χ3n) is 4.07. The van der Waals surface area contributed by atoms with E-state index in [2.05, 4.69) is 21.2 Å². The van der Waals surface area contributed by atoms with Crippen molar-refractivity contribution in [2.24, 2.45) is 5.73 Å². The highest BCUT2D eigenvalue weighted by molar-refractivity contribution is 9.10. The summed E-state index contributed by atoms with van der Waals surface area (Å²) in [5, 5.41) is 3.40. The number of nitrogens with one attached hydrogen (secondary N) is 1. The van der Waals surface area contributed by atoms with E-state index in [9.17, 15) is 4.79 Å². The van der Waals surface area contributed by atoms with Crippen molar-refractivity contribution in [3.8, 4) is 11.5 Å². The Morgan fingerprint density at radius 1 is 1.29 bits per heavy atom. The maximum absolute atomic E-state index is 11.9. The standard InChI is InChI=1S/C15H19BrN2O3/c16-11-6-9(7-12-14(11)21-8-20-12)13(15(17)19)18-10-4-2-1-3-5-10/h6-7,10,13,18H,1-5,8H2,(H2,17,19). The fourth-order valence-corrected chi connectivity index (χ4v) is 3.58. The smallest absolute Gasteiger partial charge is 0.239 e. The molecule has 0 saturated heterocycles. The SMILES string of the molecule is NC(=O)C(NC1CCCCC1)c1cc(Br)c2c(c1)OCO2. The second-order valence-corrected chi connectivity index (χ2v) is 6.43. The number of benzene rings is 1. The van der Waals surface area contributed by atoms with Crippen molar-refractivity contribution in [2.75, 3.05) is 6.79 Å². The number of amides is 1. The van der Waals surface area contributed by atoms with Crippen LogP contribution in [0.1, 0.15) is 43.7 Å². The molecule has 1 unspecified atom stereocenters. The number of carbonyl (C=O) groups is 1. The zero-order valence-corrected chi connectivity index (χ0v) is 13.3. The van der Waals surface area contributed by atoms with E-state index in [1.807, 2.05) is 12.1 Å². The molecule has 1 aliphatic heterocycles. The fraction of sp³-hybridized carbons (Fsp3) is 0.533. The van der Waals surface area contributed by atoms with Crippen molar-refractivity contribution in [3.05, 3.63) is 22.2 Å². The van der Waals surface area contributed by atoms with Crippen LogP contribution in [-0.4, -0.2) is 18.7 Å². The number of hydrogen-bond acceptors (Lipinski definition) is 4. The van der Waals surface area contributed by atoms with E-state index >= 15 is 0 Å². The summed E-state index contributed by atoms with van der Waals surface area (Å²) < 4.78 is 11.6. The predicted molar refractivity (Wildman–Crippen MR) is 82.2 cm³/mol. The number of primary amides is 1. The number of fused-ring (bicyclic) bond motifs is 1. The first-order valence-electron chi connectivity index (χ1n) is 7.29. The molecule has 1 aromatic rings. The molecule has 3 rings (SSSR count). The van der Waals surface area contributed by atoms with Gasteiger partial charge in [-0.15, -0.1) is 0 Å². The first-order valence-corrected chi connectivity index (χ1v) is 8.09. The van der Waals surface area contributed by atoms with Crippen LogP contribution in [-0.2, 0) is 4.79 Å². The molecule has 0 aromatic heterocycles. The lowest BCUT2D eigenvalue weighted by Gasteiger charge is -2.27. The van der Waals surface area contributed by atoms with Crippen LogP contribution in [0.25, 0.3) is 0 Å². The number of ether oxygens (including phenoxy) is 2. The van der Waals surface area contributed by atoms with Gasteiger partial charge in [-0.1, -0.05) is 19.3 Å². The van der Waals surface area contributed by atoms with Crippen molar-refractivity contribution in [3.63, 3.8) is 0 Å². The number of hydrogen-bond donors (Lipinski definition) is 2. The molecule has 1 fully saturated rings. The largest absolute Gasteiger partial charge is 0.454 e. The Labute approximate surface area is 132 Å². The highest BCUT2D eigenvalue weighted by atomic mass is 79.9. The topological polar surface area (TPSA) is 73.6 Å². The van der Waals surface area contributed by atoms with E-state index in [1.54, 1.807) is 0 Å². The van der Waals surface area contributed by atoms with Gasteiger partial charge in [-0.05, 0) is 46.5 Å². The van der Waals surface area contributed by atoms with Gasteiger partial charge in [0.15, 0.2) is 11.5 Å². The lowest BCUT2D eigenvalue weighted by atomic mass is 9.93. The summed E-state index contributed by atoms with van der Waals surface area (Å²) in [4.78, 5) is 11.9. The number of halogens is 1. The molecular weight excluding hydrogens is 336 g/mol. The van der Waals surface area contributed by atoms with Crippen LogP contribution in [0.2, 0.25) is 0 Å². The maximum atomic E-state index is 11.9. The van der Waals surface area contributed by atoms with Gasteiger partial charge < -0.3 is 15.2 Å². The third-order valence-corrected chi connectivity index (χ3v) is 4.66. The molecule has 1 atom stereocenters. The van der Waals surface area contributed by atoms with E-state index in [-0.39, 0.29) is 12.7 Å². The molecule has 3 N–H and O–H groups in total. The van der Waals surface area contributed by atoms with E-state index in [0.717, 1.165) is 22.9 Å². The lowest BCUT2D eigenvalue weighted by molar-refractivity contribution is -0.120. The molecule has 6 heteroatoms. The number of nitrogens with two attached hydrogens (primary N) is 1. The van der Waals surface area contributed by atoms with Crippen LogP contribution in [0.3, 0.4) is 0 Å². The molecule has 1 aliphatic carbocycles. The Hall–Kier alpha value is -1.27. The number of rotatable bonds is 4. The first kappa shape index (κ1) is 14.7. The molecule has 114 valence electrons. The molecule has 1 saturated carbocycles. The van der Waals surface area contributed by atoms with Crippen LogP contribution in [0.15, 0.2) is 16.6 Å². The summed E-state index contributed by atoms with van der Waals surface area (Å²) in [5.41, 5.74) is 6.40. The van der Waals surface area contributed by atoms with E-state index in [4.69, 9.17) is 15.2 Å². The third kappa shape index (κ3) is 3.16. The number of carbonyl (C=O) groups excluding carboxylic acids is 1. The van der Waals surface area contributed by atoms with Crippen LogP contribution in [0, 0.1) is 0 Å². The summed E-state index contributed by atoms with van der Waals surface area (Å²) in [6.07, 6.45) is 5.86. The Morgan fingerprint density at radius 2 is 2.05 bits per heavy atom. The second kappa shape index (κ2) is 6.23. The van der Waals surface area contributed by atoms with Gasteiger partial charge in [0.2, 0.25) is 12.7 Å². The van der Waals surface area contributed by atoms with Crippen molar-refractivity contribution in [2.45, 2.75) is 44.2 Å². The van der Waals surface area contributed by atoms with Gasteiger partial charge in [0, 0.05) is 6.04 Å². The highest BCUT2D eigenvalue weighted by Gasteiger charge is 2.26. The summed E-state index contributed by atoms with van der Waals surface area (Å²) in [6.45, 7) is 0.203. The lowest BCUT2D eigenvalue weighted by Crippen LogP contribution is -2.41. The Kier molecular flexibility index (Phi) is 4.35. The van der Waals surface area contributed by atoms with Gasteiger partial charge >= 0.3 is 0 Å². The van der Waals surface area contributed by atoms with E-state index < -0.39 is 6.04 Å². The first-order chi connectivity index (χ1) is 10.1. The highest BCUT2D eigenvalue weighted by Crippen LogP contribution is 2.41. The zero-order valence-electron chi connectivity index (χ0n) is 11.7. The minimum absolute atomic E-state index is 0.203. The van der Waals surface area contributed by atoms with Gasteiger partial charge in [0.1, 0.15) is 6.04 Å². The van der Waals surface area contributed by atoms with Gasteiger partial charge in [-0.2, -0.15) is 0 Å². The fourth-order valence-electron chi connectivity index (χ4n) is 3.00. The van der Waals surface area contributed by atoms with Gasteiger partial charge in [-0.25, -0.2) is 0 Å². The predicted octanol–water partition coefficient (Wildman–Crippen LogP) is 2.63. The molecule has 1 heterocycles. The summed E-state index contributed by atoms with van der Waals surface area (Å²) in [6, 6.07) is 3.55. The Balaban J connectivity index is 1.83. The van der Waals surface area contributed by atoms with Crippen molar-refractivity contribution >= 4 is 21.8 Å². The van der Waals surface area contributed by atoms with Crippen LogP contribution in [0.4, 0.5) is 0 Å². The molecular formula is C15H19BrN2O3. The maximum Gasteiger partial charge on any atom is 0.239 e. The second-order valence-electron chi connectivity index (χ2n) is 5.57. The molecule has 0 radical (unpaired) electrons. The van der Waals surface area contributed by atoms with Gasteiger partial charge in [0.25, 0.3) is 0 Å². The minimum Gasteiger partial charge on any atom is -0.454 e. The Bertz CT molecular complexity index is 544. The van der Waals surface area contributed by atoms with Crippen LogP contribution >= 0.6 is 15.9 Å². The monoisotopic (exact) mass is 354 g/mol. The molecule has 1 aromatic carbocycles. The molecule has 0 spiro atoms. The quantitative estimate of drug-likeness (QED) is 0.871. The molecule has 2 aliphatic rings. The van der Waals surface area contributed by atoms with E-state index in [1.165, 1.54) is 19.3 Å². The zero-order chi connectivity index (χ0) is 14.8. The average molecular weight is 355 g/mol. The molecule has 1 amide bonds. The minimum atomic E-state index is -0.501. The van der Waals surface area contributed by atoms with Crippen molar-refractivity contribution < 1.29 is 14.3 Å². The summed E-state index contributed by atoms with van der Waals surface area (Å²) >= 11 is 3.46. The Morgan fingerprint density at radius 3 is 2.76 bits per heavy atom. The van der Waals surface area contributed by atoms with Gasteiger partial charge in [-0.3, -0.25) is 10.1 Å². The normalized spacial score (nSPS) is 19.5. The van der Waals surface area contributed by atoms with Crippen molar-refractivity contribution in [1.29, 1.82) is 0 Å². The molecule has 0 bridgehead atoms. The van der Waals surface area contributed by atoms with Crippen LogP contribution in [0.5, 0.6) is 11.5 Å². The van der Waals surface area contributed by atoms with E-state index in [0.29, 0.717) is 17.5 Å². The average Bonchev–Trinajstić information content (AvgIpc) is 2.94.